The molecule has 10 nitrogen and oxygen atoms in total. The Morgan fingerprint density at radius 3 is 2.42 bits per heavy atom. The molecule has 0 saturated carbocycles. The fourth-order valence-corrected chi connectivity index (χ4v) is 5.90. The number of benzene rings is 2. The second kappa shape index (κ2) is 14.8. The van der Waals surface area contributed by atoms with Gasteiger partial charge in [-0.05, 0) is 24.6 Å². The monoisotopic (exact) mass is 614 g/mol. The molecule has 0 radical (unpaired) electrons. The first kappa shape index (κ1) is 30.2. The van der Waals surface area contributed by atoms with Gasteiger partial charge in [-0.15, -0.1) is 0 Å². The molecule has 3 fully saturated rings. The van der Waals surface area contributed by atoms with Crippen LogP contribution in [0, 0.1) is 5.82 Å². The summed E-state index contributed by atoms with van der Waals surface area (Å²) in [5.41, 5.74) is 1.30. The molecule has 2 aromatic carbocycles. The summed E-state index contributed by atoms with van der Waals surface area (Å²) in [6.07, 6.45) is 3.15. The Labute approximate surface area is 257 Å². The molecule has 12 heteroatoms. The largest absolute Gasteiger partial charge is 0.493 e. The van der Waals surface area contributed by atoms with Gasteiger partial charge in [-0.1, -0.05) is 11.6 Å². The lowest BCUT2D eigenvalue weighted by Gasteiger charge is -2.36. The van der Waals surface area contributed by atoms with E-state index in [1.165, 1.54) is 18.5 Å². The molecule has 3 aromatic rings. The molecule has 0 bridgehead atoms. The SMILES string of the molecule is Fc1ccc(Nc2ncnc3cc(OCCCN4CCN(CCN5CCOCC5)CC4)cc(OC4CCOC4)c23)cc1Cl. The molecule has 43 heavy (non-hydrogen) atoms. The van der Waals surface area contributed by atoms with Gasteiger partial charge in [0.2, 0.25) is 0 Å². The van der Waals surface area contributed by atoms with E-state index in [2.05, 4.69) is 30.0 Å². The minimum absolute atomic E-state index is 0.0317. The van der Waals surface area contributed by atoms with Crippen molar-refractivity contribution >= 4 is 34.0 Å². The Bertz CT molecular complexity index is 1350. The van der Waals surface area contributed by atoms with Gasteiger partial charge in [0, 0.05) is 83.1 Å². The molecule has 4 heterocycles. The Hall–Kier alpha value is -2.80. The van der Waals surface area contributed by atoms with Crippen molar-refractivity contribution in [1.29, 1.82) is 0 Å². The minimum Gasteiger partial charge on any atom is -0.493 e. The zero-order valence-corrected chi connectivity index (χ0v) is 25.2. The molecule has 1 aromatic heterocycles. The van der Waals surface area contributed by atoms with Crippen molar-refractivity contribution in [2.24, 2.45) is 0 Å². The maximum atomic E-state index is 13.7. The van der Waals surface area contributed by atoms with E-state index in [9.17, 15) is 4.39 Å². The molecule has 3 aliphatic heterocycles. The summed E-state index contributed by atoms with van der Waals surface area (Å²) in [6.45, 7) is 13.3. The van der Waals surface area contributed by atoms with Gasteiger partial charge in [-0.25, -0.2) is 14.4 Å². The van der Waals surface area contributed by atoms with Crippen molar-refractivity contribution in [3.05, 3.63) is 47.5 Å². The summed E-state index contributed by atoms with van der Waals surface area (Å²) in [6, 6.07) is 8.27. The van der Waals surface area contributed by atoms with E-state index in [1.54, 1.807) is 6.07 Å². The van der Waals surface area contributed by atoms with Crippen molar-refractivity contribution in [2.45, 2.75) is 18.9 Å². The van der Waals surface area contributed by atoms with Crippen LogP contribution in [-0.2, 0) is 9.47 Å². The number of nitrogens with zero attached hydrogens (tertiary/aromatic N) is 5. The highest BCUT2D eigenvalue weighted by molar-refractivity contribution is 6.31. The summed E-state index contributed by atoms with van der Waals surface area (Å²) in [5.74, 6) is 1.38. The molecular formula is C31H40ClFN6O4. The van der Waals surface area contributed by atoms with E-state index in [4.69, 9.17) is 30.5 Å². The van der Waals surface area contributed by atoms with Gasteiger partial charge in [0.1, 0.15) is 35.6 Å². The number of hydrogen-bond acceptors (Lipinski definition) is 10. The Kier molecular flexibility index (Phi) is 10.4. The van der Waals surface area contributed by atoms with Gasteiger partial charge in [0.25, 0.3) is 0 Å². The van der Waals surface area contributed by atoms with Crippen LogP contribution in [0.15, 0.2) is 36.7 Å². The second-order valence-electron chi connectivity index (χ2n) is 11.2. The highest BCUT2D eigenvalue weighted by Gasteiger charge is 2.22. The molecular weight excluding hydrogens is 575 g/mol. The fourth-order valence-electron chi connectivity index (χ4n) is 5.72. The summed E-state index contributed by atoms with van der Waals surface area (Å²) < 4.78 is 37.3. The number of piperazine rings is 1. The fraction of sp³-hybridized carbons (Fsp3) is 0.548. The predicted octanol–water partition coefficient (Wildman–Crippen LogP) is 4.05. The van der Waals surface area contributed by atoms with Crippen molar-refractivity contribution in [3.63, 3.8) is 0 Å². The molecule has 1 atom stereocenters. The molecule has 0 aliphatic carbocycles. The summed E-state index contributed by atoms with van der Waals surface area (Å²) in [4.78, 5) is 16.6. The van der Waals surface area contributed by atoms with Gasteiger partial charge in [0.15, 0.2) is 0 Å². The van der Waals surface area contributed by atoms with Crippen molar-refractivity contribution in [2.75, 3.05) is 97.3 Å². The quantitative estimate of drug-likeness (QED) is 0.302. The normalized spacial score (nSPS) is 20.5. The molecule has 232 valence electrons. The molecule has 1 unspecified atom stereocenters. The van der Waals surface area contributed by atoms with E-state index in [0.29, 0.717) is 53.7 Å². The predicted molar refractivity (Wildman–Crippen MR) is 164 cm³/mol. The highest BCUT2D eigenvalue weighted by Crippen LogP contribution is 2.37. The lowest BCUT2D eigenvalue weighted by atomic mass is 10.2. The van der Waals surface area contributed by atoms with E-state index in [1.807, 2.05) is 12.1 Å². The standard InChI is InChI=1S/C31H40ClFN6O4/c32-26-18-23(2-3-27(26)33)36-31-30-28(34-22-35-31)19-25(20-29(30)43-24-4-15-41-21-24)42-14-1-5-37-6-8-38(9-7-37)10-11-39-12-16-40-17-13-39/h2-3,18-20,22,24H,1,4-17,21H2,(H,34,35,36). The average molecular weight is 615 g/mol. The Morgan fingerprint density at radius 1 is 0.907 bits per heavy atom. The molecule has 0 amide bonds. The topological polar surface area (TPSA) is 84.5 Å². The first-order valence-corrected chi connectivity index (χ1v) is 15.6. The third-order valence-corrected chi connectivity index (χ3v) is 8.52. The van der Waals surface area contributed by atoms with Crippen LogP contribution >= 0.6 is 11.6 Å². The number of ether oxygens (including phenoxy) is 4. The van der Waals surface area contributed by atoms with Crippen LogP contribution in [-0.4, -0.2) is 123 Å². The number of hydrogen-bond donors (Lipinski definition) is 1. The van der Waals surface area contributed by atoms with Crippen LogP contribution in [0.5, 0.6) is 11.5 Å². The van der Waals surface area contributed by atoms with Gasteiger partial charge in [-0.2, -0.15) is 0 Å². The van der Waals surface area contributed by atoms with Crippen LogP contribution in [0.1, 0.15) is 12.8 Å². The zero-order chi connectivity index (χ0) is 29.4. The number of morpholine rings is 1. The average Bonchev–Trinajstić information content (AvgIpc) is 3.54. The third kappa shape index (κ3) is 8.23. The lowest BCUT2D eigenvalue weighted by molar-refractivity contribution is 0.0298. The van der Waals surface area contributed by atoms with Crippen LogP contribution < -0.4 is 14.8 Å². The molecule has 1 N–H and O–H groups in total. The Morgan fingerprint density at radius 2 is 1.67 bits per heavy atom. The summed E-state index contributed by atoms with van der Waals surface area (Å²) >= 11 is 6.01. The molecule has 6 rings (SSSR count). The zero-order valence-electron chi connectivity index (χ0n) is 24.5. The number of rotatable bonds is 12. The summed E-state index contributed by atoms with van der Waals surface area (Å²) in [5, 5.41) is 3.99. The third-order valence-electron chi connectivity index (χ3n) is 8.23. The number of halogens is 2. The van der Waals surface area contributed by atoms with E-state index >= 15 is 0 Å². The first-order chi connectivity index (χ1) is 21.1. The maximum Gasteiger partial charge on any atom is 0.145 e. The van der Waals surface area contributed by atoms with Gasteiger partial charge in [-0.3, -0.25) is 9.80 Å². The van der Waals surface area contributed by atoms with Crippen LogP contribution in [0.25, 0.3) is 10.9 Å². The van der Waals surface area contributed by atoms with Crippen LogP contribution in [0.2, 0.25) is 5.02 Å². The van der Waals surface area contributed by atoms with Gasteiger partial charge < -0.3 is 29.2 Å². The first-order valence-electron chi connectivity index (χ1n) is 15.2. The van der Waals surface area contributed by atoms with Gasteiger partial charge in [0.05, 0.1) is 49.0 Å². The van der Waals surface area contributed by atoms with E-state index in [-0.39, 0.29) is 11.1 Å². The molecule has 0 spiro atoms. The minimum atomic E-state index is -0.478. The second-order valence-corrected chi connectivity index (χ2v) is 11.6. The van der Waals surface area contributed by atoms with Crippen molar-refractivity contribution in [3.8, 4) is 11.5 Å². The van der Waals surface area contributed by atoms with Gasteiger partial charge >= 0.3 is 0 Å². The van der Waals surface area contributed by atoms with E-state index in [0.717, 1.165) is 85.0 Å². The Balaban J connectivity index is 1.05. The van der Waals surface area contributed by atoms with Crippen LogP contribution in [0.3, 0.4) is 0 Å². The highest BCUT2D eigenvalue weighted by atomic mass is 35.5. The lowest BCUT2D eigenvalue weighted by Crippen LogP contribution is -2.49. The van der Waals surface area contributed by atoms with Crippen molar-refractivity contribution < 1.29 is 23.3 Å². The summed E-state index contributed by atoms with van der Waals surface area (Å²) in [7, 11) is 0. The maximum absolute atomic E-state index is 13.7. The van der Waals surface area contributed by atoms with E-state index < -0.39 is 5.82 Å². The smallest absolute Gasteiger partial charge is 0.145 e. The number of nitrogens with one attached hydrogen (secondary N) is 1. The number of fused-ring (bicyclic) bond motifs is 1. The van der Waals surface area contributed by atoms with Crippen LogP contribution in [0.4, 0.5) is 15.9 Å². The molecule has 3 saturated heterocycles. The molecule has 3 aliphatic rings. The number of anilines is 2. The van der Waals surface area contributed by atoms with Crippen molar-refractivity contribution in [1.82, 2.24) is 24.7 Å². The number of aromatic nitrogens is 2.